The lowest BCUT2D eigenvalue weighted by atomic mass is 9.95. The highest BCUT2D eigenvalue weighted by atomic mass is 35.5. The second kappa shape index (κ2) is 15.4. The van der Waals surface area contributed by atoms with Gasteiger partial charge in [0.15, 0.2) is 0 Å². The van der Waals surface area contributed by atoms with Crippen LogP contribution in [-0.2, 0) is 14.4 Å². The van der Waals surface area contributed by atoms with Crippen LogP contribution in [-0.4, -0.2) is 71.4 Å². The molecule has 3 amide bonds. The van der Waals surface area contributed by atoms with Gasteiger partial charge in [0.25, 0.3) is 11.7 Å². The minimum atomic E-state index is -2.65. The average molecular weight is 647 g/mol. The Kier molecular flexibility index (Phi) is 12.3. The zero-order valence-corrected chi connectivity index (χ0v) is 24.9. The van der Waals surface area contributed by atoms with Crippen LogP contribution in [0.1, 0.15) is 28.8 Å². The summed E-state index contributed by atoms with van der Waals surface area (Å²) in [5.41, 5.74) is 0.684. The molecule has 3 rings (SSSR count). The van der Waals surface area contributed by atoms with E-state index >= 15 is 0 Å². The van der Waals surface area contributed by atoms with E-state index in [1.165, 1.54) is 42.1 Å². The van der Waals surface area contributed by atoms with Crippen molar-refractivity contribution >= 4 is 76.5 Å². The Morgan fingerprint density at radius 3 is 2.46 bits per heavy atom. The fraction of sp³-hybridized carbons (Fsp3) is 0.333. The lowest BCUT2D eigenvalue weighted by molar-refractivity contribution is -0.142. The van der Waals surface area contributed by atoms with Crippen molar-refractivity contribution in [3.05, 3.63) is 63.6 Å². The standard InChI is InChI=1S/C27H27Cl2F2N3O5S2/c1-40-20-7-5-15(22(28)23(20)29)6-8-21(35)34-11-9-16(10-12-34)25(37)33-19(26(38)39)14-32-24(36)17-3-2-4-18(13-17)41-27(30)31/h2-8,13,16,19,27H,9-12,14H2,1H3,(H,32,36)(H,33,37)(H,38,39)/b8-6+/t19-/m0/s1. The van der Waals surface area contributed by atoms with Gasteiger partial charge in [0.1, 0.15) is 6.04 Å². The first-order valence-corrected chi connectivity index (χ1v) is 15.2. The van der Waals surface area contributed by atoms with Crippen LogP contribution < -0.4 is 10.6 Å². The molecule has 41 heavy (non-hydrogen) atoms. The first-order valence-electron chi connectivity index (χ1n) is 12.3. The van der Waals surface area contributed by atoms with Gasteiger partial charge in [-0.3, -0.25) is 14.4 Å². The van der Waals surface area contributed by atoms with Gasteiger partial charge in [-0.25, -0.2) is 4.79 Å². The Labute approximate surface area is 254 Å². The number of nitrogens with one attached hydrogen (secondary N) is 2. The van der Waals surface area contributed by atoms with E-state index in [1.54, 1.807) is 17.0 Å². The molecule has 0 bridgehead atoms. The number of carboxylic acid groups (broad SMARTS) is 1. The highest BCUT2D eigenvalue weighted by molar-refractivity contribution is 7.99. The van der Waals surface area contributed by atoms with Crippen molar-refractivity contribution in [1.82, 2.24) is 15.5 Å². The van der Waals surface area contributed by atoms with Gasteiger partial charge >= 0.3 is 5.97 Å². The van der Waals surface area contributed by atoms with E-state index in [4.69, 9.17) is 23.2 Å². The monoisotopic (exact) mass is 645 g/mol. The number of thioether (sulfide) groups is 2. The molecule has 3 N–H and O–H groups in total. The number of rotatable bonds is 11. The molecular weight excluding hydrogens is 619 g/mol. The van der Waals surface area contributed by atoms with Crippen molar-refractivity contribution in [3.63, 3.8) is 0 Å². The fourth-order valence-corrected chi connectivity index (χ4v) is 5.79. The zero-order valence-electron chi connectivity index (χ0n) is 21.7. The first-order chi connectivity index (χ1) is 19.5. The minimum absolute atomic E-state index is 0.0829. The third-order valence-electron chi connectivity index (χ3n) is 6.28. The van der Waals surface area contributed by atoms with Gasteiger partial charge in [0.05, 0.1) is 10.0 Å². The molecule has 1 aliphatic rings. The lowest BCUT2D eigenvalue weighted by Gasteiger charge is -2.31. The molecule has 0 radical (unpaired) electrons. The molecule has 1 saturated heterocycles. The van der Waals surface area contributed by atoms with Crippen LogP contribution in [0.15, 0.2) is 52.3 Å². The van der Waals surface area contributed by atoms with Crippen molar-refractivity contribution in [2.45, 2.75) is 34.4 Å². The Morgan fingerprint density at radius 2 is 1.83 bits per heavy atom. The van der Waals surface area contributed by atoms with Gasteiger partial charge in [0.2, 0.25) is 11.8 Å². The number of carboxylic acids is 1. The molecule has 220 valence electrons. The summed E-state index contributed by atoms with van der Waals surface area (Å²) in [6.07, 6.45) is 5.51. The molecule has 2 aromatic rings. The molecular formula is C27H27Cl2F2N3O5S2. The van der Waals surface area contributed by atoms with Gasteiger partial charge in [0, 0.05) is 47.0 Å². The maximum atomic E-state index is 12.8. The molecule has 0 aliphatic carbocycles. The van der Waals surface area contributed by atoms with Crippen molar-refractivity contribution in [3.8, 4) is 0 Å². The van der Waals surface area contributed by atoms with Gasteiger partial charge in [-0.15, -0.1) is 11.8 Å². The maximum Gasteiger partial charge on any atom is 0.328 e. The van der Waals surface area contributed by atoms with E-state index in [1.807, 2.05) is 12.3 Å². The van der Waals surface area contributed by atoms with E-state index in [-0.39, 0.29) is 28.1 Å². The number of carbonyl (C=O) groups is 4. The Balaban J connectivity index is 1.50. The zero-order chi connectivity index (χ0) is 30.1. The molecule has 0 unspecified atom stereocenters. The van der Waals surface area contributed by atoms with E-state index in [2.05, 4.69) is 10.6 Å². The van der Waals surface area contributed by atoms with Crippen molar-refractivity contribution in [2.24, 2.45) is 5.92 Å². The Bertz CT molecular complexity index is 1320. The summed E-state index contributed by atoms with van der Waals surface area (Å²) in [5, 5.41) is 15.2. The maximum absolute atomic E-state index is 12.8. The molecule has 1 fully saturated rings. The van der Waals surface area contributed by atoms with E-state index in [0.29, 0.717) is 41.5 Å². The van der Waals surface area contributed by atoms with Crippen LogP contribution in [0.25, 0.3) is 6.08 Å². The molecule has 0 aromatic heterocycles. The van der Waals surface area contributed by atoms with Crippen molar-refractivity contribution in [1.29, 1.82) is 0 Å². The van der Waals surface area contributed by atoms with Crippen LogP contribution >= 0.6 is 46.7 Å². The normalized spacial score (nSPS) is 14.7. The molecule has 8 nitrogen and oxygen atoms in total. The summed E-state index contributed by atoms with van der Waals surface area (Å²) < 4.78 is 25.2. The molecule has 1 heterocycles. The number of benzene rings is 2. The minimum Gasteiger partial charge on any atom is -0.480 e. The lowest BCUT2D eigenvalue weighted by Crippen LogP contribution is -2.51. The SMILES string of the molecule is CSc1ccc(/C=C/C(=O)N2CCC(C(=O)N[C@@H](CNC(=O)c3cccc(SC(F)F)c3)C(=O)O)CC2)c(Cl)c1Cl. The molecule has 0 spiro atoms. The van der Waals surface area contributed by atoms with Crippen LogP contribution in [0.5, 0.6) is 0 Å². The Morgan fingerprint density at radius 1 is 1.12 bits per heavy atom. The summed E-state index contributed by atoms with van der Waals surface area (Å²) >= 11 is 14.3. The number of nitrogens with zero attached hydrogens (tertiary/aromatic N) is 1. The van der Waals surface area contributed by atoms with Crippen LogP contribution in [0.2, 0.25) is 10.0 Å². The Hall–Kier alpha value is -2.80. The second-order valence-electron chi connectivity index (χ2n) is 8.93. The fourth-order valence-electron chi connectivity index (χ4n) is 4.06. The number of amides is 3. The topological polar surface area (TPSA) is 116 Å². The number of aliphatic carboxylic acids is 1. The van der Waals surface area contributed by atoms with Gasteiger partial charge in [-0.2, -0.15) is 8.78 Å². The van der Waals surface area contributed by atoms with E-state index in [0.717, 1.165) is 4.90 Å². The van der Waals surface area contributed by atoms with Gasteiger partial charge < -0.3 is 20.6 Å². The number of carbonyl (C=O) groups excluding carboxylic acids is 3. The van der Waals surface area contributed by atoms with Crippen molar-refractivity contribution in [2.75, 3.05) is 25.9 Å². The van der Waals surface area contributed by atoms with E-state index in [9.17, 15) is 33.1 Å². The third kappa shape index (κ3) is 9.35. The van der Waals surface area contributed by atoms with Crippen LogP contribution in [0, 0.1) is 5.92 Å². The second-order valence-corrected chi connectivity index (χ2v) is 11.6. The highest BCUT2D eigenvalue weighted by Crippen LogP contribution is 2.35. The molecule has 1 aliphatic heterocycles. The first kappa shape index (κ1) is 32.7. The summed E-state index contributed by atoms with van der Waals surface area (Å²) in [6.45, 7) is 0.184. The predicted octanol–water partition coefficient (Wildman–Crippen LogP) is 5.28. The number of hydrogen-bond donors (Lipinski definition) is 3. The smallest absolute Gasteiger partial charge is 0.328 e. The number of alkyl halides is 2. The summed E-state index contributed by atoms with van der Waals surface area (Å²) in [6, 6.07) is 7.74. The largest absolute Gasteiger partial charge is 0.480 e. The average Bonchev–Trinajstić information content (AvgIpc) is 2.95. The molecule has 14 heteroatoms. The number of piperidine rings is 1. The summed E-state index contributed by atoms with van der Waals surface area (Å²) in [7, 11) is 0. The van der Waals surface area contributed by atoms with Crippen LogP contribution in [0.3, 0.4) is 0 Å². The quantitative estimate of drug-likeness (QED) is 0.225. The molecule has 2 aromatic carbocycles. The van der Waals surface area contributed by atoms with Gasteiger partial charge in [-0.1, -0.05) is 47.1 Å². The summed E-state index contributed by atoms with van der Waals surface area (Å²) in [4.78, 5) is 52.2. The number of hydrogen-bond acceptors (Lipinski definition) is 6. The van der Waals surface area contributed by atoms with Gasteiger partial charge in [-0.05, 0) is 55.0 Å². The number of likely N-dealkylation sites (tertiary alicyclic amines) is 1. The predicted molar refractivity (Wildman–Crippen MR) is 157 cm³/mol. The molecule has 0 saturated carbocycles. The van der Waals surface area contributed by atoms with Crippen LogP contribution in [0.4, 0.5) is 8.78 Å². The molecule has 1 atom stereocenters. The third-order valence-corrected chi connectivity index (χ3v) is 8.78. The number of halogens is 4. The van der Waals surface area contributed by atoms with E-state index < -0.39 is 42.0 Å². The van der Waals surface area contributed by atoms with Crippen molar-refractivity contribution < 1.29 is 33.1 Å². The highest BCUT2D eigenvalue weighted by Gasteiger charge is 2.30. The summed E-state index contributed by atoms with van der Waals surface area (Å²) in [5.74, 6) is -5.93.